The summed E-state index contributed by atoms with van der Waals surface area (Å²) in [7, 11) is 0. The third-order valence-corrected chi connectivity index (χ3v) is 5.64. The van der Waals surface area contributed by atoms with E-state index < -0.39 is 0 Å². The Bertz CT molecular complexity index is 294. The van der Waals surface area contributed by atoms with Crippen molar-refractivity contribution in [3.63, 3.8) is 0 Å². The standard InChI is InChI=1S/C13H22N2OS/c1-17-13(10-14)6-8-15(9-7-13)11-4-2-3-5-12(11)16/h11-12,16H,2-9H2,1H3. The van der Waals surface area contributed by atoms with E-state index in [0.29, 0.717) is 6.04 Å². The number of nitriles is 1. The molecule has 2 aliphatic rings. The summed E-state index contributed by atoms with van der Waals surface area (Å²) in [5, 5.41) is 19.3. The van der Waals surface area contributed by atoms with Gasteiger partial charge in [0.05, 0.1) is 12.2 Å². The molecule has 4 heteroatoms. The van der Waals surface area contributed by atoms with Gasteiger partial charge in [0.25, 0.3) is 0 Å². The topological polar surface area (TPSA) is 47.3 Å². The highest BCUT2D eigenvalue weighted by Crippen LogP contribution is 2.36. The van der Waals surface area contributed by atoms with Gasteiger partial charge < -0.3 is 5.11 Å². The minimum atomic E-state index is -0.171. The second-order valence-electron chi connectivity index (χ2n) is 5.27. The van der Waals surface area contributed by atoms with Crippen LogP contribution in [0.25, 0.3) is 0 Å². The Kier molecular flexibility index (Phi) is 4.35. The van der Waals surface area contributed by atoms with Crippen LogP contribution in [0.2, 0.25) is 0 Å². The van der Waals surface area contributed by atoms with Crippen molar-refractivity contribution in [2.45, 2.75) is 55.4 Å². The summed E-state index contributed by atoms with van der Waals surface area (Å²) >= 11 is 1.69. The van der Waals surface area contributed by atoms with Crippen LogP contribution in [-0.2, 0) is 0 Å². The molecule has 0 bridgehead atoms. The Morgan fingerprint density at radius 2 is 1.94 bits per heavy atom. The molecule has 1 heterocycles. The molecule has 1 saturated carbocycles. The zero-order valence-corrected chi connectivity index (χ0v) is 11.4. The Morgan fingerprint density at radius 1 is 1.29 bits per heavy atom. The Morgan fingerprint density at radius 3 is 2.47 bits per heavy atom. The predicted molar refractivity (Wildman–Crippen MR) is 70.9 cm³/mol. The summed E-state index contributed by atoms with van der Waals surface area (Å²) in [4.78, 5) is 2.41. The molecule has 2 rings (SSSR count). The van der Waals surface area contributed by atoms with Crippen LogP contribution < -0.4 is 0 Å². The Labute approximate surface area is 108 Å². The summed E-state index contributed by atoms with van der Waals surface area (Å²) in [6.45, 7) is 1.94. The molecule has 0 aromatic heterocycles. The van der Waals surface area contributed by atoms with Gasteiger partial charge in [-0.1, -0.05) is 12.8 Å². The molecule has 0 spiro atoms. The highest BCUT2D eigenvalue weighted by molar-refractivity contribution is 8.00. The second kappa shape index (κ2) is 5.60. The lowest BCUT2D eigenvalue weighted by molar-refractivity contribution is 0.00948. The molecule has 0 amide bonds. The molecule has 0 aromatic rings. The van der Waals surface area contributed by atoms with Crippen LogP contribution in [0.15, 0.2) is 0 Å². The lowest BCUT2D eigenvalue weighted by Crippen LogP contribution is -2.51. The number of aliphatic hydroxyl groups is 1. The normalized spacial score (nSPS) is 34.2. The maximum absolute atomic E-state index is 10.1. The van der Waals surface area contributed by atoms with Gasteiger partial charge in [-0.25, -0.2) is 0 Å². The van der Waals surface area contributed by atoms with Gasteiger partial charge in [-0.3, -0.25) is 4.90 Å². The number of rotatable bonds is 2. The van der Waals surface area contributed by atoms with E-state index in [-0.39, 0.29) is 10.9 Å². The van der Waals surface area contributed by atoms with E-state index in [1.165, 1.54) is 12.8 Å². The molecular weight excluding hydrogens is 232 g/mol. The van der Waals surface area contributed by atoms with Gasteiger partial charge in [0, 0.05) is 19.1 Å². The highest BCUT2D eigenvalue weighted by atomic mass is 32.2. The fourth-order valence-corrected chi connectivity index (χ4v) is 3.78. The quantitative estimate of drug-likeness (QED) is 0.819. The van der Waals surface area contributed by atoms with Gasteiger partial charge in [0.2, 0.25) is 0 Å². The average Bonchev–Trinajstić information content (AvgIpc) is 2.40. The number of nitrogens with zero attached hydrogens (tertiary/aromatic N) is 2. The van der Waals surface area contributed by atoms with E-state index in [4.69, 9.17) is 0 Å². The van der Waals surface area contributed by atoms with Crippen LogP contribution in [0, 0.1) is 11.3 Å². The van der Waals surface area contributed by atoms with Gasteiger partial charge in [-0.05, 0) is 31.9 Å². The van der Waals surface area contributed by atoms with E-state index in [1.807, 2.05) is 6.26 Å². The van der Waals surface area contributed by atoms with Crippen molar-refractivity contribution >= 4 is 11.8 Å². The summed E-state index contributed by atoms with van der Waals surface area (Å²) in [5.41, 5.74) is 0. The number of hydrogen-bond acceptors (Lipinski definition) is 4. The predicted octanol–water partition coefficient (Wildman–Crippen LogP) is 2.01. The lowest BCUT2D eigenvalue weighted by atomic mass is 9.88. The minimum absolute atomic E-state index is 0.146. The fraction of sp³-hybridized carbons (Fsp3) is 0.923. The number of likely N-dealkylation sites (tertiary alicyclic amines) is 1. The first-order chi connectivity index (χ1) is 8.21. The molecule has 96 valence electrons. The average molecular weight is 254 g/mol. The van der Waals surface area contributed by atoms with E-state index in [2.05, 4.69) is 11.0 Å². The van der Waals surface area contributed by atoms with Crippen LogP contribution in [0.4, 0.5) is 0 Å². The second-order valence-corrected chi connectivity index (χ2v) is 6.46. The molecular formula is C13H22N2OS. The van der Waals surface area contributed by atoms with Crippen LogP contribution in [0.1, 0.15) is 38.5 Å². The van der Waals surface area contributed by atoms with Crippen LogP contribution in [0.3, 0.4) is 0 Å². The number of hydrogen-bond donors (Lipinski definition) is 1. The Hall–Kier alpha value is -0.240. The number of aliphatic hydroxyl groups excluding tert-OH is 1. The first kappa shape index (κ1) is 13.2. The van der Waals surface area contributed by atoms with E-state index in [9.17, 15) is 10.4 Å². The summed E-state index contributed by atoms with van der Waals surface area (Å²) < 4.78 is -0.171. The molecule has 1 saturated heterocycles. The van der Waals surface area contributed by atoms with Crippen molar-refractivity contribution in [1.29, 1.82) is 5.26 Å². The third kappa shape index (κ3) is 2.78. The van der Waals surface area contributed by atoms with Crippen LogP contribution in [-0.4, -0.2) is 46.2 Å². The third-order valence-electron chi connectivity index (χ3n) is 4.36. The first-order valence-corrected chi connectivity index (χ1v) is 7.82. The lowest BCUT2D eigenvalue weighted by Gasteiger charge is -2.43. The molecule has 1 aliphatic heterocycles. The minimum Gasteiger partial charge on any atom is -0.391 e. The van der Waals surface area contributed by atoms with Crippen molar-refractivity contribution < 1.29 is 5.11 Å². The Balaban J connectivity index is 1.92. The summed E-state index contributed by atoms with van der Waals surface area (Å²) in [6, 6.07) is 2.82. The molecule has 0 radical (unpaired) electrons. The summed E-state index contributed by atoms with van der Waals surface area (Å²) in [6.07, 6.45) is 8.25. The van der Waals surface area contributed by atoms with Gasteiger partial charge >= 0.3 is 0 Å². The number of thioether (sulfide) groups is 1. The zero-order chi connectivity index (χ0) is 12.3. The molecule has 3 nitrogen and oxygen atoms in total. The molecule has 2 fully saturated rings. The summed E-state index contributed by atoms with van der Waals surface area (Å²) in [5.74, 6) is 0. The van der Waals surface area contributed by atoms with E-state index in [1.54, 1.807) is 11.8 Å². The maximum Gasteiger partial charge on any atom is 0.104 e. The van der Waals surface area contributed by atoms with Crippen molar-refractivity contribution in [3.8, 4) is 6.07 Å². The number of piperidine rings is 1. The van der Waals surface area contributed by atoms with Crippen LogP contribution >= 0.6 is 11.8 Å². The zero-order valence-electron chi connectivity index (χ0n) is 10.6. The van der Waals surface area contributed by atoms with Gasteiger partial charge in [-0.15, -0.1) is 11.8 Å². The van der Waals surface area contributed by atoms with E-state index >= 15 is 0 Å². The van der Waals surface area contributed by atoms with Gasteiger partial charge in [0.15, 0.2) is 0 Å². The molecule has 2 unspecified atom stereocenters. The molecule has 0 aromatic carbocycles. The monoisotopic (exact) mass is 254 g/mol. The molecule has 2 atom stereocenters. The largest absolute Gasteiger partial charge is 0.391 e. The van der Waals surface area contributed by atoms with Crippen molar-refractivity contribution in [1.82, 2.24) is 4.90 Å². The smallest absolute Gasteiger partial charge is 0.104 e. The fourth-order valence-electron chi connectivity index (χ4n) is 3.10. The van der Waals surface area contributed by atoms with Gasteiger partial charge in [0.1, 0.15) is 4.75 Å². The molecule has 17 heavy (non-hydrogen) atoms. The van der Waals surface area contributed by atoms with Crippen molar-refractivity contribution in [3.05, 3.63) is 0 Å². The van der Waals surface area contributed by atoms with Crippen molar-refractivity contribution in [2.24, 2.45) is 0 Å². The SMILES string of the molecule is CSC1(C#N)CCN(C2CCCCC2O)CC1. The molecule has 1 N–H and O–H groups in total. The molecule has 1 aliphatic carbocycles. The van der Waals surface area contributed by atoms with Crippen LogP contribution in [0.5, 0.6) is 0 Å². The highest BCUT2D eigenvalue weighted by Gasteiger charge is 2.38. The first-order valence-electron chi connectivity index (χ1n) is 6.59. The van der Waals surface area contributed by atoms with Crippen molar-refractivity contribution in [2.75, 3.05) is 19.3 Å². The maximum atomic E-state index is 10.1. The van der Waals surface area contributed by atoms with Gasteiger partial charge in [-0.2, -0.15) is 5.26 Å². The van der Waals surface area contributed by atoms with E-state index in [0.717, 1.165) is 38.8 Å².